The summed E-state index contributed by atoms with van der Waals surface area (Å²) in [5.41, 5.74) is 5.85. The number of hydrogen-bond donors (Lipinski definition) is 1. The summed E-state index contributed by atoms with van der Waals surface area (Å²) in [6.45, 7) is 0. The molecule has 3 aliphatic carbocycles. The molecule has 3 nitrogen and oxygen atoms in total. The molecule has 4 rings (SSSR count). The highest BCUT2D eigenvalue weighted by molar-refractivity contribution is 6.25. The van der Waals surface area contributed by atoms with Crippen LogP contribution in [0.3, 0.4) is 0 Å². The lowest BCUT2D eigenvalue weighted by molar-refractivity contribution is 0.304. The van der Waals surface area contributed by atoms with Crippen molar-refractivity contribution in [3.8, 4) is 0 Å². The Labute approximate surface area is 132 Å². The first kappa shape index (κ1) is 14.0. The normalized spacial score (nSPS) is 26.8. The molecule has 0 saturated heterocycles. The van der Waals surface area contributed by atoms with Gasteiger partial charge in [0.05, 0.1) is 18.4 Å². The van der Waals surface area contributed by atoms with Crippen molar-refractivity contribution in [3.63, 3.8) is 0 Å². The highest BCUT2D eigenvalue weighted by atomic mass is 16.5. The number of nitrogens with zero attached hydrogens (tertiary/aromatic N) is 1. The van der Waals surface area contributed by atoms with Gasteiger partial charge in [-0.1, -0.05) is 19.3 Å². The van der Waals surface area contributed by atoms with E-state index in [-0.39, 0.29) is 5.54 Å². The van der Waals surface area contributed by atoms with E-state index in [1.165, 1.54) is 62.5 Å². The first-order chi connectivity index (χ1) is 10.7. The Morgan fingerprint density at radius 1 is 1.05 bits per heavy atom. The Morgan fingerprint density at radius 3 is 2.59 bits per heavy atom. The Bertz CT molecular complexity index is 642. The van der Waals surface area contributed by atoms with E-state index >= 15 is 0 Å². The molecule has 1 spiro atoms. The molecule has 1 heterocycles. The molecule has 0 aromatic carbocycles. The summed E-state index contributed by atoms with van der Waals surface area (Å²) in [6, 6.07) is 0. The summed E-state index contributed by atoms with van der Waals surface area (Å²) >= 11 is 0. The topological polar surface area (TPSA) is 45.4 Å². The number of methoxy groups -OCH3 is 1. The Hall–Kier alpha value is -1.64. The third-order valence-corrected chi connectivity index (χ3v) is 5.66. The molecule has 3 heteroatoms. The minimum Gasteiger partial charge on any atom is -0.494 e. The molecule has 116 valence electrons. The van der Waals surface area contributed by atoms with Gasteiger partial charge in [0.25, 0.3) is 0 Å². The predicted octanol–water partition coefficient (Wildman–Crippen LogP) is 4.50. The molecule has 0 bridgehead atoms. The molecule has 0 atom stereocenters. The second kappa shape index (κ2) is 5.22. The lowest BCUT2D eigenvalue weighted by atomic mass is 9.67. The number of hydrogen-bond acceptors (Lipinski definition) is 3. The van der Waals surface area contributed by atoms with Crippen LogP contribution in [-0.4, -0.2) is 24.1 Å². The standard InChI is InChI=1S/C19H24N2O/c1-22-17-12-13(20)11-15-14-7-3-4-8-16(14)19(21-18(15)17)9-5-2-6-10-19/h11-12,20H,2-10H2,1H3. The zero-order valence-electron chi connectivity index (χ0n) is 13.4. The first-order valence-corrected chi connectivity index (χ1v) is 8.63. The number of fused-ring (bicyclic) bond motifs is 3. The molecular formula is C19H24N2O. The molecule has 1 aliphatic heterocycles. The van der Waals surface area contributed by atoms with E-state index in [1.807, 2.05) is 12.2 Å². The van der Waals surface area contributed by atoms with Crippen molar-refractivity contribution >= 4 is 11.4 Å². The number of rotatable bonds is 1. The van der Waals surface area contributed by atoms with Crippen molar-refractivity contribution in [3.05, 3.63) is 34.6 Å². The van der Waals surface area contributed by atoms with Gasteiger partial charge in [0.15, 0.2) is 0 Å². The van der Waals surface area contributed by atoms with Crippen LogP contribution in [0.5, 0.6) is 0 Å². The molecular weight excluding hydrogens is 272 g/mol. The van der Waals surface area contributed by atoms with Gasteiger partial charge in [-0.05, 0) is 55.7 Å². The number of allylic oxidation sites excluding steroid dienone is 4. The van der Waals surface area contributed by atoms with Gasteiger partial charge in [-0.15, -0.1) is 0 Å². The predicted molar refractivity (Wildman–Crippen MR) is 89.6 cm³/mol. The second-order valence-corrected chi connectivity index (χ2v) is 6.94. The van der Waals surface area contributed by atoms with Crippen molar-refractivity contribution in [2.45, 2.75) is 63.3 Å². The largest absolute Gasteiger partial charge is 0.494 e. The van der Waals surface area contributed by atoms with Crippen LogP contribution >= 0.6 is 0 Å². The molecule has 0 aromatic rings. The maximum absolute atomic E-state index is 8.08. The molecule has 0 aromatic heterocycles. The summed E-state index contributed by atoms with van der Waals surface area (Å²) < 4.78 is 5.57. The second-order valence-electron chi connectivity index (χ2n) is 6.94. The highest BCUT2D eigenvalue weighted by Gasteiger charge is 2.43. The molecule has 0 unspecified atom stereocenters. The van der Waals surface area contributed by atoms with Gasteiger partial charge in [0, 0.05) is 11.6 Å². The smallest absolute Gasteiger partial charge is 0.146 e. The molecule has 1 N–H and O–H groups in total. The Kier molecular flexibility index (Phi) is 3.32. The van der Waals surface area contributed by atoms with E-state index in [1.54, 1.807) is 12.7 Å². The van der Waals surface area contributed by atoms with Gasteiger partial charge >= 0.3 is 0 Å². The summed E-state index contributed by atoms with van der Waals surface area (Å²) in [5.74, 6) is 0.782. The fourth-order valence-electron chi connectivity index (χ4n) is 4.66. The van der Waals surface area contributed by atoms with Crippen LogP contribution < -0.4 is 0 Å². The summed E-state index contributed by atoms with van der Waals surface area (Å²) in [5, 5.41) is 8.08. The fraction of sp³-hybridized carbons (Fsp3) is 0.579. The quantitative estimate of drug-likeness (QED) is 0.711. The van der Waals surface area contributed by atoms with E-state index in [0.29, 0.717) is 5.71 Å². The third-order valence-electron chi connectivity index (χ3n) is 5.66. The maximum atomic E-state index is 8.08. The van der Waals surface area contributed by atoms with Crippen LogP contribution in [0.2, 0.25) is 0 Å². The van der Waals surface area contributed by atoms with Crippen LogP contribution in [0, 0.1) is 5.41 Å². The number of nitrogens with one attached hydrogen (secondary N) is 1. The number of ether oxygens (including phenoxy) is 1. The minimum atomic E-state index is 0.0395. The van der Waals surface area contributed by atoms with E-state index in [2.05, 4.69) is 0 Å². The molecule has 0 amide bonds. The zero-order valence-corrected chi connectivity index (χ0v) is 13.4. The molecule has 4 aliphatic rings. The van der Waals surface area contributed by atoms with Crippen molar-refractivity contribution in [1.82, 2.24) is 0 Å². The lowest BCUT2D eigenvalue weighted by Gasteiger charge is -2.44. The van der Waals surface area contributed by atoms with E-state index in [4.69, 9.17) is 15.1 Å². The van der Waals surface area contributed by atoms with Crippen LogP contribution in [0.15, 0.2) is 39.6 Å². The van der Waals surface area contributed by atoms with E-state index in [0.717, 1.165) is 17.9 Å². The molecule has 1 saturated carbocycles. The Balaban J connectivity index is 1.89. The summed E-state index contributed by atoms with van der Waals surface area (Å²) in [7, 11) is 1.70. The van der Waals surface area contributed by atoms with Crippen molar-refractivity contribution in [2.24, 2.45) is 4.99 Å². The molecule has 22 heavy (non-hydrogen) atoms. The van der Waals surface area contributed by atoms with Crippen LogP contribution in [-0.2, 0) is 4.74 Å². The van der Waals surface area contributed by atoms with Crippen molar-refractivity contribution in [2.75, 3.05) is 7.11 Å². The van der Waals surface area contributed by atoms with Gasteiger partial charge in [-0.3, -0.25) is 4.99 Å². The summed E-state index contributed by atoms with van der Waals surface area (Å²) in [4.78, 5) is 5.27. The van der Waals surface area contributed by atoms with Crippen molar-refractivity contribution in [1.29, 1.82) is 5.41 Å². The lowest BCUT2D eigenvalue weighted by Crippen LogP contribution is -2.40. The number of dihydropyridines is 1. The minimum absolute atomic E-state index is 0.0395. The van der Waals surface area contributed by atoms with Gasteiger partial charge < -0.3 is 10.1 Å². The summed E-state index contributed by atoms with van der Waals surface area (Å²) in [6.07, 6.45) is 15.0. The van der Waals surface area contributed by atoms with E-state index in [9.17, 15) is 0 Å². The first-order valence-electron chi connectivity index (χ1n) is 8.63. The van der Waals surface area contributed by atoms with Gasteiger partial charge in [0.2, 0.25) is 0 Å². The van der Waals surface area contributed by atoms with Crippen LogP contribution in [0.4, 0.5) is 0 Å². The van der Waals surface area contributed by atoms with Crippen molar-refractivity contribution < 1.29 is 4.74 Å². The fourth-order valence-corrected chi connectivity index (χ4v) is 4.66. The molecule has 0 radical (unpaired) electrons. The average Bonchev–Trinajstić information content (AvgIpc) is 2.56. The van der Waals surface area contributed by atoms with Gasteiger partial charge in [-0.25, -0.2) is 0 Å². The van der Waals surface area contributed by atoms with Crippen LogP contribution in [0.1, 0.15) is 57.8 Å². The Morgan fingerprint density at radius 2 is 1.82 bits per heavy atom. The average molecular weight is 296 g/mol. The van der Waals surface area contributed by atoms with Crippen LogP contribution in [0.25, 0.3) is 0 Å². The maximum Gasteiger partial charge on any atom is 0.146 e. The third kappa shape index (κ3) is 2.02. The highest BCUT2D eigenvalue weighted by Crippen LogP contribution is 2.49. The number of aliphatic imine (C=N–C) groups is 1. The zero-order chi connectivity index (χ0) is 15.2. The van der Waals surface area contributed by atoms with E-state index < -0.39 is 0 Å². The van der Waals surface area contributed by atoms with Gasteiger partial charge in [0.1, 0.15) is 11.5 Å². The SMILES string of the molecule is COC1=CC(=N)C=C2C1=NC1(CCCCC1)C1=C2CCCC1. The van der Waals surface area contributed by atoms with Gasteiger partial charge in [-0.2, -0.15) is 0 Å². The monoisotopic (exact) mass is 296 g/mol. The molecule has 1 fully saturated rings.